The molecule has 33 heavy (non-hydrogen) atoms. The number of rotatable bonds is 9. The van der Waals surface area contributed by atoms with Crippen molar-refractivity contribution in [3.8, 4) is 17.2 Å². The minimum absolute atomic E-state index is 0.0649. The van der Waals surface area contributed by atoms with Gasteiger partial charge in [-0.15, -0.1) is 0 Å². The molecular formula is C27H39N2O4+. The second-order valence-corrected chi connectivity index (χ2v) is 10.3. The molecule has 1 heterocycles. The molecule has 180 valence electrons. The summed E-state index contributed by atoms with van der Waals surface area (Å²) in [6, 6.07) is 14.0. The van der Waals surface area contributed by atoms with E-state index in [1.54, 1.807) is 6.07 Å². The van der Waals surface area contributed by atoms with Gasteiger partial charge in [0.25, 0.3) is 0 Å². The van der Waals surface area contributed by atoms with Gasteiger partial charge in [-0.05, 0) is 30.5 Å². The lowest BCUT2D eigenvalue weighted by molar-refractivity contribution is -0.905. The zero-order valence-electron chi connectivity index (χ0n) is 20.7. The third-order valence-electron chi connectivity index (χ3n) is 5.80. The Kier molecular flexibility index (Phi) is 8.25. The van der Waals surface area contributed by atoms with Crippen LogP contribution in [0, 0.1) is 11.8 Å². The van der Waals surface area contributed by atoms with Crippen LogP contribution in [-0.4, -0.2) is 60.8 Å². The monoisotopic (exact) mass is 455 g/mol. The number of benzene rings is 2. The molecule has 1 unspecified atom stereocenters. The lowest BCUT2D eigenvalue weighted by Crippen LogP contribution is -2.47. The molecule has 1 aliphatic rings. The van der Waals surface area contributed by atoms with Crippen LogP contribution in [0.4, 0.5) is 0 Å². The molecule has 6 heteroatoms. The van der Waals surface area contributed by atoms with Crippen molar-refractivity contribution in [1.82, 2.24) is 4.90 Å². The summed E-state index contributed by atoms with van der Waals surface area (Å²) in [5.41, 5.74) is 2.11. The summed E-state index contributed by atoms with van der Waals surface area (Å²) < 4.78 is 12.1. The van der Waals surface area contributed by atoms with Crippen molar-refractivity contribution < 1.29 is 23.9 Å². The molecule has 1 N–H and O–H groups in total. The molecule has 0 radical (unpaired) electrons. The summed E-state index contributed by atoms with van der Waals surface area (Å²) in [7, 11) is 4.34. The Bertz CT molecular complexity index is 927. The SMILES string of the molecule is CC(C)CN(Cc1cc(O)c2c(c1)OCCCO2)C(=O)C(C)C[N+](C)(C)Cc1ccccc1. The van der Waals surface area contributed by atoms with Crippen LogP contribution in [0.25, 0.3) is 0 Å². The number of nitrogens with zero attached hydrogens (tertiary/aromatic N) is 2. The average Bonchev–Trinajstić information content (AvgIpc) is 2.98. The number of phenolic OH excluding ortho intramolecular Hbond substituents is 1. The van der Waals surface area contributed by atoms with Crippen molar-refractivity contribution in [1.29, 1.82) is 0 Å². The first-order chi connectivity index (χ1) is 15.6. The first kappa shape index (κ1) is 24.9. The Morgan fingerprint density at radius 3 is 2.45 bits per heavy atom. The first-order valence-corrected chi connectivity index (χ1v) is 11.9. The van der Waals surface area contributed by atoms with Crippen LogP contribution in [0.3, 0.4) is 0 Å². The zero-order valence-corrected chi connectivity index (χ0v) is 20.7. The molecule has 1 aliphatic heterocycles. The second kappa shape index (κ2) is 10.9. The van der Waals surface area contributed by atoms with Gasteiger partial charge in [-0.2, -0.15) is 0 Å². The Morgan fingerprint density at radius 1 is 1.06 bits per heavy atom. The molecule has 0 spiro atoms. The molecule has 0 fully saturated rings. The molecule has 0 bridgehead atoms. The van der Waals surface area contributed by atoms with Crippen molar-refractivity contribution >= 4 is 5.91 Å². The normalized spacial score (nSPS) is 14.6. The molecular weight excluding hydrogens is 416 g/mol. The van der Waals surface area contributed by atoms with Crippen molar-refractivity contribution in [2.75, 3.05) is 40.4 Å². The predicted octanol–water partition coefficient (Wildman–Crippen LogP) is 4.45. The van der Waals surface area contributed by atoms with Crippen molar-refractivity contribution in [3.63, 3.8) is 0 Å². The van der Waals surface area contributed by atoms with Crippen LogP contribution in [-0.2, 0) is 17.9 Å². The minimum atomic E-state index is -0.128. The van der Waals surface area contributed by atoms with Gasteiger partial charge in [-0.1, -0.05) is 44.2 Å². The number of aromatic hydroxyl groups is 1. The highest BCUT2D eigenvalue weighted by Crippen LogP contribution is 2.39. The zero-order chi connectivity index (χ0) is 24.0. The molecule has 1 atom stereocenters. The van der Waals surface area contributed by atoms with Gasteiger partial charge in [-0.3, -0.25) is 4.79 Å². The van der Waals surface area contributed by atoms with Crippen molar-refractivity contribution in [2.45, 2.75) is 40.3 Å². The van der Waals surface area contributed by atoms with Gasteiger partial charge >= 0.3 is 0 Å². The third kappa shape index (κ3) is 7.13. The van der Waals surface area contributed by atoms with Crippen LogP contribution in [0.1, 0.15) is 38.3 Å². The first-order valence-electron chi connectivity index (χ1n) is 11.9. The summed E-state index contributed by atoms with van der Waals surface area (Å²) >= 11 is 0. The van der Waals surface area contributed by atoms with Gasteiger partial charge in [0.1, 0.15) is 6.54 Å². The number of hydrogen-bond donors (Lipinski definition) is 1. The van der Waals surface area contributed by atoms with Crippen LogP contribution < -0.4 is 9.47 Å². The average molecular weight is 456 g/mol. The third-order valence-corrected chi connectivity index (χ3v) is 5.80. The Hall–Kier alpha value is -2.73. The molecule has 1 amide bonds. The number of amides is 1. The second-order valence-electron chi connectivity index (χ2n) is 10.3. The maximum absolute atomic E-state index is 13.5. The van der Waals surface area contributed by atoms with Crippen LogP contribution in [0.2, 0.25) is 0 Å². The molecule has 6 nitrogen and oxygen atoms in total. The summed E-state index contributed by atoms with van der Waals surface area (Å²) in [6.07, 6.45) is 0.774. The highest BCUT2D eigenvalue weighted by atomic mass is 16.5. The number of quaternary nitrogens is 1. The molecule has 2 aromatic carbocycles. The fraction of sp³-hybridized carbons (Fsp3) is 0.519. The van der Waals surface area contributed by atoms with Crippen molar-refractivity contribution in [3.05, 3.63) is 53.6 Å². The van der Waals surface area contributed by atoms with E-state index in [-0.39, 0.29) is 17.6 Å². The van der Waals surface area contributed by atoms with Crippen molar-refractivity contribution in [2.24, 2.45) is 11.8 Å². The predicted molar refractivity (Wildman–Crippen MR) is 130 cm³/mol. The molecule has 3 rings (SSSR count). The molecule has 0 saturated carbocycles. The minimum Gasteiger partial charge on any atom is -0.504 e. The number of fused-ring (bicyclic) bond motifs is 1. The van der Waals surface area contributed by atoms with E-state index in [2.05, 4.69) is 52.2 Å². The molecule has 0 aliphatic carbocycles. The summed E-state index contributed by atoms with van der Waals surface area (Å²) in [5.74, 6) is 1.35. The van der Waals surface area contributed by atoms with E-state index >= 15 is 0 Å². The van der Waals surface area contributed by atoms with Gasteiger partial charge in [0, 0.05) is 25.1 Å². The smallest absolute Gasteiger partial charge is 0.231 e. The maximum atomic E-state index is 13.5. The van der Waals surface area contributed by atoms with Gasteiger partial charge in [0.15, 0.2) is 11.5 Å². The van der Waals surface area contributed by atoms with Crippen LogP contribution in [0.5, 0.6) is 17.2 Å². The van der Waals surface area contributed by atoms with E-state index in [0.717, 1.165) is 29.6 Å². The Balaban J connectivity index is 1.73. The number of carbonyl (C=O) groups excluding carboxylic acids is 1. The van der Waals surface area contributed by atoms with Gasteiger partial charge < -0.3 is 24.0 Å². The van der Waals surface area contributed by atoms with Gasteiger partial charge in [0.05, 0.1) is 39.8 Å². The van der Waals surface area contributed by atoms with Gasteiger partial charge in [-0.25, -0.2) is 0 Å². The van der Waals surface area contributed by atoms with E-state index in [1.807, 2.05) is 24.0 Å². The molecule has 0 aromatic heterocycles. The number of carbonyl (C=O) groups is 1. The number of ether oxygens (including phenoxy) is 2. The summed E-state index contributed by atoms with van der Waals surface area (Å²) in [4.78, 5) is 15.5. The van der Waals surface area contributed by atoms with E-state index in [9.17, 15) is 9.90 Å². The fourth-order valence-corrected chi connectivity index (χ4v) is 4.57. The Labute approximate surface area is 198 Å². The number of hydrogen-bond acceptors (Lipinski definition) is 4. The highest BCUT2D eigenvalue weighted by Gasteiger charge is 2.29. The fourth-order valence-electron chi connectivity index (χ4n) is 4.57. The lowest BCUT2D eigenvalue weighted by atomic mass is 10.0. The van der Waals surface area contributed by atoms with Crippen LogP contribution >= 0.6 is 0 Å². The summed E-state index contributed by atoms with van der Waals surface area (Å²) in [6.45, 7) is 10.0. The van der Waals surface area contributed by atoms with Gasteiger partial charge in [0.2, 0.25) is 11.7 Å². The van der Waals surface area contributed by atoms with E-state index in [4.69, 9.17) is 9.47 Å². The topological polar surface area (TPSA) is 59.0 Å². The summed E-state index contributed by atoms with van der Waals surface area (Å²) in [5, 5.41) is 10.5. The highest BCUT2D eigenvalue weighted by molar-refractivity contribution is 5.78. The molecule has 0 saturated heterocycles. The molecule has 2 aromatic rings. The number of phenols is 1. The maximum Gasteiger partial charge on any atom is 0.231 e. The Morgan fingerprint density at radius 2 is 1.76 bits per heavy atom. The quantitative estimate of drug-likeness (QED) is 0.568. The van der Waals surface area contributed by atoms with E-state index < -0.39 is 0 Å². The largest absolute Gasteiger partial charge is 0.504 e. The van der Waals surface area contributed by atoms with Crippen LogP contribution in [0.15, 0.2) is 42.5 Å². The lowest BCUT2D eigenvalue weighted by Gasteiger charge is -2.34. The van der Waals surface area contributed by atoms with E-state index in [0.29, 0.717) is 43.7 Å². The standard InChI is InChI=1S/C27H38N2O4/c1-20(2)16-28(17-23-14-24(30)26-25(15-23)32-12-9-13-33-26)27(31)21(3)18-29(4,5)19-22-10-7-6-8-11-22/h6-8,10-11,14-15,20-21H,9,12-13,16-19H2,1-5H3/p+1. The van der Waals surface area contributed by atoms with E-state index in [1.165, 1.54) is 5.56 Å².